The Labute approximate surface area is 184 Å². The number of ether oxygens (including phenoxy) is 2. The van der Waals surface area contributed by atoms with Gasteiger partial charge in [-0.25, -0.2) is 4.79 Å². The lowest BCUT2D eigenvalue weighted by molar-refractivity contribution is -0.277. The zero-order chi connectivity index (χ0) is 24.0. The molecule has 1 aliphatic heterocycles. The van der Waals surface area contributed by atoms with Crippen LogP contribution in [-0.4, -0.2) is 78.2 Å². The molecule has 1 saturated heterocycles. The van der Waals surface area contributed by atoms with Crippen LogP contribution >= 0.6 is 0 Å². The van der Waals surface area contributed by atoms with E-state index in [1.807, 2.05) is 0 Å². The van der Waals surface area contributed by atoms with Gasteiger partial charge in [-0.3, -0.25) is 0 Å². The van der Waals surface area contributed by atoms with Gasteiger partial charge < -0.3 is 54.7 Å². The molecule has 8 N–H and O–H groups in total. The largest absolute Gasteiger partial charge is 0.507 e. The number of phenols is 3. The summed E-state index contributed by atoms with van der Waals surface area (Å²) in [5.74, 6) is -2.79. The van der Waals surface area contributed by atoms with Crippen LogP contribution in [0.15, 0.2) is 39.5 Å². The molecule has 12 nitrogen and oxygen atoms in total. The summed E-state index contributed by atoms with van der Waals surface area (Å²) in [6.45, 7) is -0.682. The summed E-state index contributed by atoms with van der Waals surface area (Å²) in [6.07, 6.45) is -7.85. The summed E-state index contributed by atoms with van der Waals surface area (Å²) >= 11 is 0. The van der Waals surface area contributed by atoms with E-state index in [1.54, 1.807) is 0 Å². The molecule has 1 aromatic heterocycles. The molecule has 176 valence electrons. The highest BCUT2D eigenvalue weighted by Crippen LogP contribution is 2.41. The van der Waals surface area contributed by atoms with E-state index in [1.165, 1.54) is 6.07 Å². The number of aliphatic hydroxyl groups excluding tert-OH is 4. The molecule has 3 aromatic rings. The smallest absolute Gasteiger partial charge is 0.348 e. The minimum absolute atomic E-state index is 0.0431. The Bertz CT molecular complexity index is 1250. The van der Waals surface area contributed by atoms with Crippen molar-refractivity contribution in [2.75, 3.05) is 6.61 Å². The van der Waals surface area contributed by atoms with Crippen molar-refractivity contribution >= 4 is 10.8 Å². The van der Waals surface area contributed by atoms with Crippen LogP contribution in [0.25, 0.3) is 22.1 Å². The monoisotopic (exact) mass is 464 g/mol. The van der Waals surface area contributed by atoms with E-state index < -0.39 is 65.9 Å². The fourth-order valence-corrected chi connectivity index (χ4v) is 3.54. The van der Waals surface area contributed by atoms with Crippen LogP contribution in [0.5, 0.6) is 28.7 Å². The van der Waals surface area contributed by atoms with Gasteiger partial charge in [-0.2, -0.15) is 0 Å². The minimum Gasteiger partial charge on any atom is -0.507 e. The van der Waals surface area contributed by atoms with E-state index >= 15 is 0 Å². The van der Waals surface area contributed by atoms with Crippen LogP contribution < -0.4 is 10.4 Å². The second-order valence-corrected chi connectivity index (χ2v) is 7.45. The highest BCUT2D eigenvalue weighted by molar-refractivity contribution is 5.96. The minimum atomic E-state index is -1.73. The van der Waals surface area contributed by atoms with Gasteiger partial charge in [-0.1, -0.05) is 0 Å². The topological polar surface area (TPSA) is 211 Å². The van der Waals surface area contributed by atoms with Gasteiger partial charge in [-0.05, 0) is 24.3 Å². The molecule has 4 rings (SSSR count). The third-order valence-electron chi connectivity index (χ3n) is 5.30. The van der Waals surface area contributed by atoms with E-state index in [0.29, 0.717) is 0 Å². The number of aliphatic hydroxyl groups is 4. The molecule has 0 bridgehead atoms. The summed E-state index contributed by atoms with van der Waals surface area (Å²) in [4.78, 5) is 12.5. The number of rotatable bonds is 4. The second-order valence-electron chi connectivity index (χ2n) is 7.45. The highest BCUT2D eigenvalue weighted by atomic mass is 16.7. The van der Waals surface area contributed by atoms with Gasteiger partial charge in [0.2, 0.25) is 6.29 Å². The van der Waals surface area contributed by atoms with Crippen LogP contribution in [0.4, 0.5) is 0 Å². The van der Waals surface area contributed by atoms with E-state index in [4.69, 9.17) is 13.9 Å². The first-order chi connectivity index (χ1) is 15.6. The Kier molecular flexibility index (Phi) is 5.78. The number of benzene rings is 2. The number of aromatic hydroxyl groups is 4. The lowest BCUT2D eigenvalue weighted by Crippen LogP contribution is -2.60. The van der Waals surface area contributed by atoms with Crippen LogP contribution in [-0.2, 0) is 4.74 Å². The van der Waals surface area contributed by atoms with Crippen LogP contribution in [0.2, 0.25) is 0 Å². The zero-order valence-electron chi connectivity index (χ0n) is 16.7. The van der Waals surface area contributed by atoms with E-state index in [0.717, 1.165) is 24.3 Å². The van der Waals surface area contributed by atoms with Crippen molar-refractivity contribution in [1.82, 2.24) is 0 Å². The van der Waals surface area contributed by atoms with Crippen LogP contribution in [0, 0.1) is 0 Å². The maximum absolute atomic E-state index is 12.5. The summed E-state index contributed by atoms with van der Waals surface area (Å²) < 4.78 is 15.8. The average molecular weight is 464 g/mol. The van der Waals surface area contributed by atoms with Crippen molar-refractivity contribution < 1.29 is 54.7 Å². The summed E-state index contributed by atoms with van der Waals surface area (Å²) in [7, 11) is 0. The maximum Gasteiger partial charge on any atom is 0.348 e. The van der Waals surface area contributed by atoms with Gasteiger partial charge in [0.1, 0.15) is 41.3 Å². The van der Waals surface area contributed by atoms with Crippen molar-refractivity contribution in [1.29, 1.82) is 0 Å². The molecule has 0 spiro atoms. The molecule has 12 heteroatoms. The molecular weight excluding hydrogens is 444 g/mol. The van der Waals surface area contributed by atoms with Gasteiger partial charge in [-0.15, -0.1) is 0 Å². The molecule has 33 heavy (non-hydrogen) atoms. The normalized spacial score (nSPS) is 25.3. The maximum atomic E-state index is 12.5. The van der Waals surface area contributed by atoms with E-state index in [9.17, 15) is 45.6 Å². The third-order valence-corrected chi connectivity index (χ3v) is 5.30. The molecule has 0 unspecified atom stereocenters. The first-order valence-corrected chi connectivity index (χ1v) is 9.64. The van der Waals surface area contributed by atoms with Crippen LogP contribution in [0.1, 0.15) is 0 Å². The number of hydrogen-bond acceptors (Lipinski definition) is 12. The SMILES string of the molecule is O=c1oc(-c2ccc(O)c(O)c2)c(O)c2cc(O[C@@H]3O[C@H](CO)[C@@H](O)[C@H](O)[C@H]3O)cc(O)c12. The summed E-state index contributed by atoms with van der Waals surface area (Å²) in [5.41, 5.74) is -0.983. The summed E-state index contributed by atoms with van der Waals surface area (Å²) in [5, 5.41) is 78.8. The summed E-state index contributed by atoms with van der Waals surface area (Å²) in [6, 6.07) is 5.55. The number of phenolic OH excluding ortho intramolecular Hbond substituents is 3. The third kappa shape index (κ3) is 3.90. The molecule has 1 fully saturated rings. The quantitative estimate of drug-likeness (QED) is 0.229. The van der Waals surface area contributed by atoms with Crippen molar-refractivity contribution in [2.24, 2.45) is 0 Å². The first-order valence-electron chi connectivity index (χ1n) is 9.64. The molecule has 2 aromatic carbocycles. The van der Waals surface area contributed by atoms with Gasteiger partial charge >= 0.3 is 5.63 Å². The molecule has 0 amide bonds. The predicted molar refractivity (Wildman–Crippen MR) is 109 cm³/mol. The van der Waals surface area contributed by atoms with Gasteiger partial charge in [0, 0.05) is 17.0 Å². The first kappa shape index (κ1) is 22.6. The molecule has 0 saturated carbocycles. The molecule has 0 aliphatic carbocycles. The average Bonchev–Trinajstić information content (AvgIpc) is 2.78. The number of fused-ring (bicyclic) bond motifs is 1. The van der Waals surface area contributed by atoms with Gasteiger partial charge in [0.05, 0.1) is 6.61 Å². The molecule has 1 aliphatic rings. The fourth-order valence-electron chi connectivity index (χ4n) is 3.54. The highest BCUT2D eigenvalue weighted by Gasteiger charge is 2.44. The van der Waals surface area contributed by atoms with Crippen molar-refractivity contribution in [2.45, 2.75) is 30.7 Å². The molecule has 5 atom stereocenters. The van der Waals surface area contributed by atoms with Crippen molar-refractivity contribution in [3.8, 4) is 40.1 Å². The van der Waals surface area contributed by atoms with Crippen molar-refractivity contribution in [3.63, 3.8) is 0 Å². The van der Waals surface area contributed by atoms with Gasteiger partial charge in [0.15, 0.2) is 23.0 Å². The Morgan fingerprint density at radius 1 is 0.879 bits per heavy atom. The standard InChI is InChI=1S/C21H20O12/c22-6-13-16(27)17(28)18(29)21(32-13)31-8-4-9-14(12(25)5-8)20(30)33-19(15(9)26)7-1-2-10(23)11(24)3-7/h1-5,13,16-18,21-29H,6H2/t13-,16-,17+,18-,21-/m1/s1. The lowest BCUT2D eigenvalue weighted by atomic mass is 9.99. The van der Waals surface area contributed by atoms with Crippen LogP contribution in [0.3, 0.4) is 0 Å². The lowest BCUT2D eigenvalue weighted by Gasteiger charge is -2.39. The fraction of sp³-hybridized carbons (Fsp3) is 0.286. The van der Waals surface area contributed by atoms with Gasteiger partial charge in [0.25, 0.3) is 0 Å². The zero-order valence-corrected chi connectivity index (χ0v) is 16.7. The Balaban J connectivity index is 1.78. The Hall–Kier alpha value is -3.55. The molecular formula is C21H20O12. The Morgan fingerprint density at radius 3 is 2.27 bits per heavy atom. The second kappa shape index (κ2) is 8.42. The van der Waals surface area contributed by atoms with Crippen molar-refractivity contribution in [3.05, 3.63) is 40.8 Å². The molecule has 2 heterocycles. The van der Waals surface area contributed by atoms with E-state index in [2.05, 4.69) is 0 Å². The number of hydrogen-bond donors (Lipinski definition) is 8. The van der Waals surface area contributed by atoms with E-state index in [-0.39, 0.29) is 27.8 Å². The molecule has 0 radical (unpaired) electrons. The Morgan fingerprint density at radius 2 is 1.61 bits per heavy atom. The predicted octanol–water partition coefficient (Wildman–Crippen LogP) is -0.539.